The van der Waals surface area contributed by atoms with E-state index >= 15 is 0 Å². The Balaban J connectivity index is 0.000000545. The van der Waals surface area contributed by atoms with Crippen molar-refractivity contribution in [2.75, 3.05) is 0 Å². The largest absolute Gasteiger partial charge is 0.0622 e. The van der Waals surface area contributed by atoms with Crippen molar-refractivity contribution < 1.29 is 15.1 Å². The molecule has 0 radical (unpaired) electrons. The first-order chi connectivity index (χ1) is 10.9. The second-order valence-electron chi connectivity index (χ2n) is 4.39. The van der Waals surface area contributed by atoms with Gasteiger partial charge in [0.05, 0.1) is 0 Å². The molecule has 0 N–H and O–H groups in total. The molecule has 4 heteroatoms. The Hall–Kier alpha value is -0.707. The maximum atomic E-state index is 4.83. The predicted octanol–water partition coefficient (Wildman–Crippen LogP) is 4.82. The van der Waals surface area contributed by atoms with Gasteiger partial charge in [-0.25, -0.2) is 0 Å². The van der Waals surface area contributed by atoms with E-state index in [1.807, 2.05) is 0 Å². The van der Waals surface area contributed by atoms with Gasteiger partial charge in [-0.2, -0.15) is 0 Å². The third kappa shape index (κ3) is 5.18. The van der Waals surface area contributed by atoms with Gasteiger partial charge in [0.1, 0.15) is 0 Å². The van der Waals surface area contributed by atoms with Crippen LogP contribution in [0.3, 0.4) is 0 Å². The van der Waals surface area contributed by atoms with Crippen LogP contribution in [0.2, 0.25) is 0 Å². The van der Waals surface area contributed by atoms with E-state index in [1.54, 1.807) is 0 Å². The molecule has 0 aliphatic heterocycles. The van der Waals surface area contributed by atoms with E-state index in [9.17, 15) is 0 Å². The second kappa shape index (κ2) is 10.1. The Morgan fingerprint density at radius 3 is 0.955 bits per heavy atom. The van der Waals surface area contributed by atoms with E-state index in [2.05, 4.69) is 91.0 Å². The van der Waals surface area contributed by atoms with Crippen LogP contribution in [-0.2, 0) is 15.1 Å². The van der Waals surface area contributed by atoms with Gasteiger partial charge in [-0.3, -0.25) is 0 Å². The average Bonchev–Trinajstić information content (AvgIpc) is 2.59. The summed E-state index contributed by atoms with van der Waals surface area (Å²) in [6.45, 7) is 0. The van der Waals surface area contributed by atoms with E-state index < -0.39 is 7.92 Å². The molecule has 0 aliphatic carbocycles. The molecule has 0 nitrogen and oxygen atoms in total. The van der Waals surface area contributed by atoms with Crippen molar-refractivity contribution in [3.05, 3.63) is 91.0 Å². The van der Waals surface area contributed by atoms with Crippen LogP contribution in [0, 0.1) is 0 Å². The number of halogens is 2. The Bertz CT molecular complexity index is 554. The Morgan fingerprint density at radius 1 is 0.500 bits per heavy atom. The van der Waals surface area contributed by atoms with E-state index in [0.29, 0.717) is 0 Å². The predicted molar refractivity (Wildman–Crippen MR) is 96.9 cm³/mol. The van der Waals surface area contributed by atoms with Gasteiger partial charge < -0.3 is 0 Å². The van der Waals surface area contributed by atoms with E-state index in [-0.39, 0.29) is 15.1 Å². The second-order valence-corrected chi connectivity index (χ2v) is 9.10. The molecule has 0 spiro atoms. The molecule has 0 amide bonds. The number of hydrogen-bond acceptors (Lipinski definition) is 0. The molecule has 3 aromatic carbocycles. The minimum absolute atomic E-state index is 0.226. The summed E-state index contributed by atoms with van der Waals surface area (Å²) in [6, 6.07) is 32.3. The molecule has 0 saturated carbocycles. The van der Waals surface area contributed by atoms with Crippen LogP contribution >= 0.6 is 27.3 Å². The monoisotopic (exact) mass is 435 g/mol. The molecule has 3 aromatic rings. The summed E-state index contributed by atoms with van der Waals surface area (Å²) in [7, 11) is 9.22. The normalized spacial score (nSPS) is 10.1. The zero-order chi connectivity index (χ0) is 15.6. The number of benzene rings is 3. The fourth-order valence-corrected chi connectivity index (χ4v) is 4.48. The molecule has 0 heterocycles. The van der Waals surface area contributed by atoms with Crippen molar-refractivity contribution in [2.24, 2.45) is 0 Å². The first-order valence-electron chi connectivity index (χ1n) is 6.65. The molecular formula is C18H15Cl2PRh. The Morgan fingerprint density at radius 2 is 0.727 bits per heavy atom. The maximum absolute atomic E-state index is 4.83. The van der Waals surface area contributed by atoms with Crippen molar-refractivity contribution in [2.45, 2.75) is 0 Å². The Kier molecular flexibility index (Phi) is 8.13. The van der Waals surface area contributed by atoms with Gasteiger partial charge in [-0.1, -0.05) is 91.0 Å². The van der Waals surface area contributed by atoms with Gasteiger partial charge in [-0.15, -0.1) is 0 Å². The van der Waals surface area contributed by atoms with Crippen LogP contribution in [0.25, 0.3) is 0 Å². The van der Waals surface area contributed by atoms with E-state index in [1.165, 1.54) is 15.9 Å². The van der Waals surface area contributed by atoms with Crippen LogP contribution < -0.4 is 15.9 Å². The minimum atomic E-state index is -0.446. The molecule has 0 bridgehead atoms. The zero-order valence-corrected chi connectivity index (χ0v) is 15.7. The van der Waals surface area contributed by atoms with Crippen molar-refractivity contribution in [1.82, 2.24) is 0 Å². The molecular weight excluding hydrogens is 421 g/mol. The van der Waals surface area contributed by atoms with Gasteiger partial charge in [0.2, 0.25) is 0 Å². The smallest absolute Gasteiger partial charge is 0.0134 e. The van der Waals surface area contributed by atoms with Gasteiger partial charge in [0, 0.05) is 0 Å². The standard InChI is InChI=1S/C18H15P.2ClH.Rh/c1-4-10-16(11-5-1)19(17-12-6-2-7-13-17)18-14-8-3-9-15-18;;;/h1-15H;2*1H;/q;;;+2/p-2. The number of rotatable bonds is 3. The third-order valence-corrected chi connectivity index (χ3v) is 5.49. The summed E-state index contributed by atoms with van der Waals surface area (Å²) in [6.07, 6.45) is 0. The summed E-state index contributed by atoms with van der Waals surface area (Å²) in [5, 5.41) is 4.19. The fraction of sp³-hybridized carbons (Fsp3) is 0. The van der Waals surface area contributed by atoms with Crippen molar-refractivity contribution in [3.8, 4) is 0 Å². The molecule has 0 unspecified atom stereocenters. The zero-order valence-electron chi connectivity index (χ0n) is 11.7. The van der Waals surface area contributed by atoms with E-state index in [0.717, 1.165) is 0 Å². The van der Waals surface area contributed by atoms with Crippen molar-refractivity contribution in [1.29, 1.82) is 0 Å². The van der Waals surface area contributed by atoms with Crippen molar-refractivity contribution >= 4 is 43.2 Å². The molecule has 22 heavy (non-hydrogen) atoms. The van der Waals surface area contributed by atoms with Crippen LogP contribution in [0.1, 0.15) is 0 Å². The molecule has 0 fully saturated rings. The molecule has 3 rings (SSSR count). The van der Waals surface area contributed by atoms with Gasteiger partial charge >= 0.3 is 34.5 Å². The average molecular weight is 436 g/mol. The van der Waals surface area contributed by atoms with Gasteiger partial charge in [0.25, 0.3) is 0 Å². The first kappa shape index (κ1) is 17.6. The van der Waals surface area contributed by atoms with Crippen LogP contribution in [-0.4, -0.2) is 0 Å². The third-order valence-electron chi connectivity index (χ3n) is 3.04. The van der Waals surface area contributed by atoms with Gasteiger partial charge in [-0.05, 0) is 23.8 Å². The summed E-state index contributed by atoms with van der Waals surface area (Å²) in [5.74, 6) is 0. The number of hydrogen-bond donors (Lipinski definition) is 0. The Labute approximate surface area is 148 Å². The maximum Gasteiger partial charge on any atom is -0.0134 e. The summed E-state index contributed by atoms with van der Waals surface area (Å²) in [5.41, 5.74) is 0. The van der Waals surface area contributed by atoms with Crippen molar-refractivity contribution in [3.63, 3.8) is 0 Å². The van der Waals surface area contributed by atoms with Crippen LogP contribution in [0.4, 0.5) is 0 Å². The SMILES string of the molecule is [Cl][Rh][Cl].c1ccc(P(c2ccccc2)c2ccccc2)cc1. The van der Waals surface area contributed by atoms with Gasteiger partial charge in [0.15, 0.2) is 0 Å². The summed E-state index contributed by atoms with van der Waals surface area (Å²) in [4.78, 5) is 0. The fourth-order valence-electron chi connectivity index (χ4n) is 2.18. The minimum Gasteiger partial charge on any atom is -0.0622 e. The molecule has 0 aliphatic rings. The van der Waals surface area contributed by atoms with Crippen LogP contribution in [0.15, 0.2) is 91.0 Å². The molecule has 115 valence electrons. The topological polar surface area (TPSA) is 0 Å². The summed E-state index contributed by atoms with van der Waals surface area (Å²) >= 11 is -0.226. The summed E-state index contributed by atoms with van der Waals surface area (Å²) < 4.78 is 0. The molecule has 0 aromatic heterocycles. The van der Waals surface area contributed by atoms with E-state index in [4.69, 9.17) is 19.4 Å². The molecule has 0 atom stereocenters. The van der Waals surface area contributed by atoms with Crippen LogP contribution in [0.5, 0.6) is 0 Å². The quantitative estimate of drug-likeness (QED) is 0.408. The first-order valence-corrected chi connectivity index (χ1v) is 12.2. The molecule has 0 saturated heterocycles.